The van der Waals surface area contributed by atoms with E-state index < -0.39 is 26.7 Å². The van der Waals surface area contributed by atoms with Crippen LogP contribution in [-0.4, -0.2) is 48.2 Å². The van der Waals surface area contributed by atoms with Crippen LogP contribution in [0, 0.1) is 10.1 Å². The molecule has 1 aromatic rings. The number of nitrogens with zero attached hydrogens (tertiary/aromatic N) is 2. The van der Waals surface area contributed by atoms with Crippen molar-refractivity contribution in [3.8, 4) is 0 Å². The normalized spacial score (nSPS) is 21.0. The number of sulfone groups is 1. The SMILES string of the molecule is CC1CS(=O)(=O)CCN1C(=O)c1cc([N+](=O)[O-])ccc1Br. The number of carbonyl (C=O) groups is 1. The number of halogens is 1. The Morgan fingerprint density at radius 3 is 2.71 bits per heavy atom. The van der Waals surface area contributed by atoms with E-state index in [1.165, 1.54) is 23.1 Å². The van der Waals surface area contributed by atoms with Gasteiger partial charge in [0.1, 0.15) is 0 Å². The highest BCUT2D eigenvalue weighted by Crippen LogP contribution is 2.25. The van der Waals surface area contributed by atoms with Crippen molar-refractivity contribution in [1.29, 1.82) is 0 Å². The highest BCUT2D eigenvalue weighted by molar-refractivity contribution is 9.10. The van der Waals surface area contributed by atoms with Crippen LogP contribution < -0.4 is 0 Å². The van der Waals surface area contributed by atoms with Gasteiger partial charge in [-0.3, -0.25) is 14.9 Å². The van der Waals surface area contributed by atoms with Gasteiger partial charge < -0.3 is 4.90 Å². The third-order valence-electron chi connectivity index (χ3n) is 3.32. The lowest BCUT2D eigenvalue weighted by atomic mass is 10.1. The van der Waals surface area contributed by atoms with E-state index in [4.69, 9.17) is 0 Å². The number of nitro benzene ring substituents is 1. The molecule has 9 heteroatoms. The van der Waals surface area contributed by atoms with E-state index in [0.717, 1.165) is 0 Å². The molecule has 1 amide bonds. The van der Waals surface area contributed by atoms with E-state index in [9.17, 15) is 23.3 Å². The Kier molecular flexibility index (Phi) is 4.33. The second-order valence-electron chi connectivity index (χ2n) is 4.88. The summed E-state index contributed by atoms with van der Waals surface area (Å²) in [6, 6.07) is 3.48. The molecular formula is C12H13BrN2O5S. The molecular weight excluding hydrogens is 364 g/mol. The van der Waals surface area contributed by atoms with E-state index in [0.29, 0.717) is 4.47 Å². The Labute approximate surface area is 130 Å². The lowest BCUT2D eigenvalue weighted by Crippen LogP contribution is -2.49. The van der Waals surface area contributed by atoms with Gasteiger partial charge in [-0.25, -0.2) is 8.42 Å². The van der Waals surface area contributed by atoms with Gasteiger partial charge in [0.05, 0.1) is 22.0 Å². The van der Waals surface area contributed by atoms with E-state index in [1.54, 1.807) is 6.92 Å². The maximum Gasteiger partial charge on any atom is 0.270 e. The van der Waals surface area contributed by atoms with Gasteiger partial charge in [0.2, 0.25) is 0 Å². The number of nitro groups is 1. The molecule has 1 heterocycles. The third-order valence-corrected chi connectivity index (χ3v) is 5.81. The molecule has 1 aliphatic heterocycles. The van der Waals surface area contributed by atoms with Crippen molar-refractivity contribution in [1.82, 2.24) is 4.90 Å². The largest absolute Gasteiger partial charge is 0.334 e. The zero-order valence-corrected chi connectivity index (χ0v) is 13.6. The zero-order chi connectivity index (χ0) is 15.8. The van der Waals surface area contributed by atoms with E-state index in [1.807, 2.05) is 0 Å². The summed E-state index contributed by atoms with van der Waals surface area (Å²) < 4.78 is 23.5. The molecule has 1 fully saturated rings. The predicted octanol–water partition coefficient (Wildman–Crippen LogP) is 1.62. The maximum absolute atomic E-state index is 12.5. The second-order valence-corrected chi connectivity index (χ2v) is 7.97. The number of carbonyl (C=O) groups excluding carboxylic acids is 1. The van der Waals surface area contributed by atoms with Crippen LogP contribution in [0.25, 0.3) is 0 Å². The van der Waals surface area contributed by atoms with Crippen LogP contribution in [-0.2, 0) is 9.84 Å². The fraction of sp³-hybridized carbons (Fsp3) is 0.417. The molecule has 7 nitrogen and oxygen atoms in total. The molecule has 0 aliphatic carbocycles. The molecule has 21 heavy (non-hydrogen) atoms. The van der Waals surface area contributed by atoms with Crippen LogP contribution in [0.4, 0.5) is 5.69 Å². The first-order chi connectivity index (χ1) is 9.71. The first kappa shape index (κ1) is 15.9. The van der Waals surface area contributed by atoms with Gasteiger partial charge in [-0.15, -0.1) is 0 Å². The highest BCUT2D eigenvalue weighted by Gasteiger charge is 2.32. The molecule has 2 rings (SSSR count). The summed E-state index contributed by atoms with van der Waals surface area (Å²) in [5, 5.41) is 10.8. The van der Waals surface area contributed by atoms with Gasteiger partial charge in [0.25, 0.3) is 11.6 Å². The molecule has 0 saturated carbocycles. The summed E-state index contributed by atoms with van der Waals surface area (Å²) in [4.78, 5) is 24.2. The summed E-state index contributed by atoms with van der Waals surface area (Å²) in [6.45, 7) is 1.75. The van der Waals surface area contributed by atoms with Gasteiger partial charge in [-0.1, -0.05) is 0 Å². The number of hydrogen-bond acceptors (Lipinski definition) is 5. The maximum atomic E-state index is 12.5. The molecule has 1 saturated heterocycles. The Morgan fingerprint density at radius 2 is 2.14 bits per heavy atom. The van der Waals surface area contributed by atoms with Gasteiger partial charge in [-0.2, -0.15) is 0 Å². The summed E-state index contributed by atoms with van der Waals surface area (Å²) in [5.74, 6) is -0.589. The quantitative estimate of drug-likeness (QED) is 0.576. The smallest absolute Gasteiger partial charge is 0.270 e. The van der Waals surface area contributed by atoms with Gasteiger partial charge >= 0.3 is 0 Å². The van der Waals surface area contributed by atoms with Crippen LogP contribution in [0.2, 0.25) is 0 Å². The van der Waals surface area contributed by atoms with Crippen molar-refractivity contribution in [2.24, 2.45) is 0 Å². The van der Waals surface area contributed by atoms with E-state index >= 15 is 0 Å². The summed E-state index contributed by atoms with van der Waals surface area (Å²) in [5.41, 5.74) is -0.0193. The van der Waals surface area contributed by atoms with Crippen LogP contribution in [0.1, 0.15) is 17.3 Å². The standard InChI is InChI=1S/C12H13BrN2O5S/c1-8-7-21(19,20)5-4-14(8)12(16)10-6-9(15(17)18)2-3-11(10)13/h2-3,6,8H,4-5,7H2,1H3. The Bertz CT molecular complexity index is 704. The first-order valence-corrected chi connectivity index (χ1v) is 8.78. The average Bonchev–Trinajstić information content (AvgIpc) is 2.37. The molecule has 114 valence electrons. The minimum atomic E-state index is -3.13. The Hall–Kier alpha value is -1.48. The van der Waals surface area contributed by atoms with Gasteiger partial charge in [0.15, 0.2) is 9.84 Å². The second kappa shape index (κ2) is 5.72. The molecule has 0 N–H and O–H groups in total. The van der Waals surface area contributed by atoms with Crippen molar-refractivity contribution >= 4 is 37.4 Å². The van der Waals surface area contributed by atoms with Gasteiger partial charge in [0, 0.05) is 29.2 Å². The van der Waals surface area contributed by atoms with Gasteiger partial charge in [-0.05, 0) is 28.9 Å². The zero-order valence-electron chi connectivity index (χ0n) is 11.2. The summed E-state index contributed by atoms with van der Waals surface area (Å²) in [7, 11) is -3.13. The Morgan fingerprint density at radius 1 is 1.48 bits per heavy atom. The predicted molar refractivity (Wildman–Crippen MR) is 79.9 cm³/mol. The number of rotatable bonds is 2. The molecule has 0 aromatic heterocycles. The minimum Gasteiger partial charge on any atom is -0.334 e. The first-order valence-electron chi connectivity index (χ1n) is 6.16. The van der Waals surface area contributed by atoms with Crippen molar-refractivity contribution in [2.45, 2.75) is 13.0 Å². The third kappa shape index (κ3) is 3.41. The molecule has 0 spiro atoms. The van der Waals surface area contributed by atoms with E-state index in [-0.39, 0.29) is 29.3 Å². The van der Waals surface area contributed by atoms with Crippen molar-refractivity contribution < 1.29 is 18.1 Å². The Balaban J connectivity index is 2.32. The summed E-state index contributed by atoms with van der Waals surface area (Å²) >= 11 is 3.20. The summed E-state index contributed by atoms with van der Waals surface area (Å²) in [6.07, 6.45) is 0. The van der Waals surface area contributed by atoms with Crippen molar-refractivity contribution in [2.75, 3.05) is 18.1 Å². The van der Waals surface area contributed by atoms with Crippen LogP contribution in [0.15, 0.2) is 22.7 Å². The lowest BCUT2D eigenvalue weighted by Gasteiger charge is -2.33. The van der Waals surface area contributed by atoms with E-state index in [2.05, 4.69) is 15.9 Å². The molecule has 0 bridgehead atoms. The van der Waals surface area contributed by atoms with Crippen molar-refractivity contribution in [3.63, 3.8) is 0 Å². The molecule has 1 atom stereocenters. The molecule has 0 radical (unpaired) electrons. The molecule has 1 aliphatic rings. The fourth-order valence-electron chi connectivity index (χ4n) is 2.25. The number of non-ortho nitro benzene ring substituents is 1. The topological polar surface area (TPSA) is 97.6 Å². The highest BCUT2D eigenvalue weighted by atomic mass is 79.9. The van der Waals surface area contributed by atoms with Crippen LogP contribution in [0.3, 0.4) is 0 Å². The molecule has 1 unspecified atom stereocenters. The van der Waals surface area contributed by atoms with Crippen LogP contribution in [0.5, 0.6) is 0 Å². The molecule has 1 aromatic carbocycles. The lowest BCUT2D eigenvalue weighted by molar-refractivity contribution is -0.384. The van der Waals surface area contributed by atoms with Crippen LogP contribution >= 0.6 is 15.9 Å². The fourth-order valence-corrected chi connectivity index (χ4v) is 4.22. The number of benzene rings is 1. The monoisotopic (exact) mass is 376 g/mol. The van der Waals surface area contributed by atoms with Crippen molar-refractivity contribution in [3.05, 3.63) is 38.3 Å². The average molecular weight is 377 g/mol. The number of hydrogen-bond donors (Lipinski definition) is 0. The minimum absolute atomic E-state index is 0.0877. The number of amides is 1.